The van der Waals surface area contributed by atoms with Crippen molar-refractivity contribution in [3.05, 3.63) is 52.6 Å². The monoisotopic (exact) mass is 230 g/mol. The third-order valence-corrected chi connectivity index (χ3v) is 2.43. The Kier molecular flexibility index (Phi) is 2.66. The van der Waals surface area contributed by atoms with Crippen LogP contribution in [-0.2, 0) is 0 Å². The zero-order valence-electron chi connectivity index (χ0n) is 8.83. The summed E-state index contributed by atoms with van der Waals surface area (Å²) in [6.07, 6.45) is 0. The third-order valence-electron chi connectivity index (χ3n) is 2.43. The molecule has 0 aliphatic carbocycles. The quantitative estimate of drug-likeness (QED) is 0.359. The van der Waals surface area contributed by atoms with E-state index in [0.29, 0.717) is 16.8 Å². The van der Waals surface area contributed by atoms with E-state index < -0.39 is 4.92 Å². The zero-order chi connectivity index (χ0) is 12.4. The molecule has 0 spiro atoms. The second-order valence-electron chi connectivity index (χ2n) is 3.55. The van der Waals surface area contributed by atoms with Crippen LogP contribution in [0.25, 0.3) is 11.1 Å². The van der Waals surface area contributed by atoms with Gasteiger partial charge >= 0.3 is 0 Å². The highest BCUT2D eigenvalue weighted by atomic mass is 16.6. The largest absolute Gasteiger partial charge is 0.508 e. The lowest BCUT2D eigenvalue weighted by Gasteiger charge is -2.06. The minimum absolute atomic E-state index is 0.0207. The van der Waals surface area contributed by atoms with Gasteiger partial charge in [0.25, 0.3) is 5.69 Å². The van der Waals surface area contributed by atoms with Crippen LogP contribution in [0.5, 0.6) is 5.75 Å². The predicted octanol–water partition coefficient (Wildman–Crippen LogP) is 2.55. The van der Waals surface area contributed by atoms with E-state index in [1.807, 2.05) is 0 Å². The van der Waals surface area contributed by atoms with E-state index in [2.05, 4.69) is 0 Å². The predicted molar refractivity (Wildman–Crippen MR) is 64.6 cm³/mol. The molecule has 0 saturated carbocycles. The molecule has 0 saturated heterocycles. The van der Waals surface area contributed by atoms with E-state index in [-0.39, 0.29) is 11.4 Å². The van der Waals surface area contributed by atoms with E-state index in [0.717, 1.165) is 0 Å². The molecule has 3 N–H and O–H groups in total. The molecule has 0 atom stereocenters. The lowest BCUT2D eigenvalue weighted by Crippen LogP contribution is -1.94. The summed E-state index contributed by atoms with van der Waals surface area (Å²) in [6, 6.07) is 10.6. The first kappa shape index (κ1) is 10.9. The van der Waals surface area contributed by atoms with Gasteiger partial charge in [0.1, 0.15) is 5.75 Å². The number of anilines is 1. The number of hydrogen-bond donors (Lipinski definition) is 2. The number of phenolic OH excluding ortho intramolecular Hbond substituents is 1. The highest BCUT2D eigenvalue weighted by Crippen LogP contribution is 2.35. The topological polar surface area (TPSA) is 89.4 Å². The molecule has 5 nitrogen and oxygen atoms in total. The molecule has 2 aromatic rings. The van der Waals surface area contributed by atoms with Gasteiger partial charge in [0, 0.05) is 17.3 Å². The van der Waals surface area contributed by atoms with Crippen LogP contribution >= 0.6 is 0 Å². The van der Waals surface area contributed by atoms with Crippen molar-refractivity contribution in [1.29, 1.82) is 0 Å². The normalized spacial score (nSPS) is 10.1. The molecule has 0 bridgehead atoms. The molecule has 0 heterocycles. The van der Waals surface area contributed by atoms with E-state index in [1.54, 1.807) is 18.2 Å². The molecule has 2 rings (SSSR count). The maximum absolute atomic E-state index is 10.9. The average molecular weight is 230 g/mol. The summed E-state index contributed by atoms with van der Waals surface area (Å²) in [5.41, 5.74) is 6.96. The Morgan fingerprint density at radius 3 is 2.53 bits per heavy atom. The van der Waals surface area contributed by atoms with Crippen molar-refractivity contribution in [1.82, 2.24) is 0 Å². The summed E-state index contributed by atoms with van der Waals surface area (Å²) < 4.78 is 0. The van der Waals surface area contributed by atoms with Crippen molar-refractivity contribution in [3.63, 3.8) is 0 Å². The summed E-state index contributed by atoms with van der Waals surface area (Å²) in [6.45, 7) is 0. The maximum Gasteiger partial charge on any atom is 0.277 e. The minimum atomic E-state index is -0.473. The van der Waals surface area contributed by atoms with Crippen molar-refractivity contribution in [2.45, 2.75) is 0 Å². The standard InChI is InChI=1S/C12H10N2O3/c13-11-6-5-8(15)7-10(11)9-3-1-2-4-12(9)14(16)17/h1-7,15H,13H2. The molecule has 0 aromatic heterocycles. The summed E-state index contributed by atoms with van der Waals surface area (Å²) in [5.74, 6) is 0.0207. The smallest absolute Gasteiger partial charge is 0.277 e. The molecule has 0 radical (unpaired) electrons. The van der Waals surface area contributed by atoms with Gasteiger partial charge in [-0.05, 0) is 24.3 Å². The fraction of sp³-hybridized carbons (Fsp3) is 0. The van der Waals surface area contributed by atoms with Crippen LogP contribution < -0.4 is 5.73 Å². The Hall–Kier alpha value is -2.56. The first-order chi connectivity index (χ1) is 8.09. The van der Waals surface area contributed by atoms with Gasteiger partial charge in [0.15, 0.2) is 0 Å². The molecular formula is C12H10N2O3. The van der Waals surface area contributed by atoms with Crippen molar-refractivity contribution in [3.8, 4) is 16.9 Å². The summed E-state index contributed by atoms with van der Waals surface area (Å²) in [7, 11) is 0. The lowest BCUT2D eigenvalue weighted by atomic mass is 10.0. The summed E-state index contributed by atoms with van der Waals surface area (Å²) in [4.78, 5) is 10.4. The van der Waals surface area contributed by atoms with E-state index in [9.17, 15) is 15.2 Å². The first-order valence-electron chi connectivity index (χ1n) is 4.92. The highest BCUT2D eigenvalue weighted by Gasteiger charge is 2.16. The summed E-state index contributed by atoms with van der Waals surface area (Å²) >= 11 is 0. The molecule has 0 fully saturated rings. The van der Waals surface area contributed by atoms with Crippen LogP contribution in [0.2, 0.25) is 0 Å². The fourth-order valence-corrected chi connectivity index (χ4v) is 1.64. The molecule has 17 heavy (non-hydrogen) atoms. The number of nitrogens with zero attached hydrogens (tertiary/aromatic N) is 1. The second kappa shape index (κ2) is 4.13. The van der Waals surface area contributed by atoms with E-state index in [1.165, 1.54) is 24.3 Å². The van der Waals surface area contributed by atoms with Crippen molar-refractivity contribution in [2.24, 2.45) is 0 Å². The van der Waals surface area contributed by atoms with Crippen LogP contribution in [0.15, 0.2) is 42.5 Å². The van der Waals surface area contributed by atoms with Crippen LogP contribution in [0.3, 0.4) is 0 Å². The Bertz CT molecular complexity index is 582. The lowest BCUT2D eigenvalue weighted by molar-refractivity contribution is -0.384. The number of nitrogens with two attached hydrogens (primary N) is 1. The van der Waals surface area contributed by atoms with Gasteiger partial charge in [-0.15, -0.1) is 0 Å². The number of rotatable bonds is 2. The number of hydrogen-bond acceptors (Lipinski definition) is 4. The van der Waals surface area contributed by atoms with Gasteiger partial charge in [0.2, 0.25) is 0 Å². The van der Waals surface area contributed by atoms with Gasteiger partial charge in [-0.1, -0.05) is 12.1 Å². The van der Waals surface area contributed by atoms with Crippen molar-refractivity contribution >= 4 is 11.4 Å². The third kappa shape index (κ3) is 2.03. The number of benzene rings is 2. The molecule has 2 aromatic carbocycles. The molecule has 0 unspecified atom stereocenters. The van der Waals surface area contributed by atoms with Crippen molar-refractivity contribution in [2.75, 3.05) is 5.73 Å². The van der Waals surface area contributed by atoms with Gasteiger partial charge in [-0.2, -0.15) is 0 Å². The molecular weight excluding hydrogens is 220 g/mol. The van der Waals surface area contributed by atoms with Crippen LogP contribution in [-0.4, -0.2) is 10.0 Å². The Labute approximate surface area is 97.3 Å². The molecule has 86 valence electrons. The molecule has 0 amide bonds. The molecule has 0 aliphatic rings. The Balaban J connectivity index is 2.68. The first-order valence-corrected chi connectivity index (χ1v) is 4.92. The van der Waals surface area contributed by atoms with Crippen LogP contribution in [0.1, 0.15) is 0 Å². The maximum atomic E-state index is 10.9. The minimum Gasteiger partial charge on any atom is -0.508 e. The van der Waals surface area contributed by atoms with Gasteiger partial charge in [0.05, 0.1) is 10.5 Å². The Morgan fingerprint density at radius 1 is 1.12 bits per heavy atom. The molecule has 5 heteroatoms. The van der Waals surface area contributed by atoms with Crippen LogP contribution in [0.4, 0.5) is 11.4 Å². The van der Waals surface area contributed by atoms with Crippen LogP contribution in [0, 0.1) is 10.1 Å². The van der Waals surface area contributed by atoms with E-state index >= 15 is 0 Å². The number of nitro benzene ring substituents is 1. The second-order valence-corrected chi connectivity index (χ2v) is 3.55. The Morgan fingerprint density at radius 2 is 1.82 bits per heavy atom. The average Bonchev–Trinajstić information content (AvgIpc) is 2.32. The number of nitrogen functional groups attached to an aromatic ring is 1. The summed E-state index contributed by atoms with van der Waals surface area (Å²) in [5, 5.41) is 20.3. The van der Waals surface area contributed by atoms with Crippen molar-refractivity contribution < 1.29 is 10.0 Å². The van der Waals surface area contributed by atoms with E-state index in [4.69, 9.17) is 5.73 Å². The van der Waals surface area contributed by atoms with Gasteiger partial charge < -0.3 is 10.8 Å². The highest BCUT2D eigenvalue weighted by molar-refractivity contribution is 5.83. The molecule has 0 aliphatic heterocycles. The SMILES string of the molecule is Nc1ccc(O)cc1-c1ccccc1[N+](=O)[O-]. The number of phenols is 1. The number of nitro groups is 1. The van der Waals surface area contributed by atoms with Gasteiger partial charge in [-0.3, -0.25) is 10.1 Å². The fourth-order valence-electron chi connectivity index (χ4n) is 1.64. The van der Waals surface area contributed by atoms with Gasteiger partial charge in [-0.25, -0.2) is 0 Å². The number of para-hydroxylation sites is 1. The number of aromatic hydroxyl groups is 1. The zero-order valence-corrected chi connectivity index (χ0v) is 8.83.